The van der Waals surface area contributed by atoms with Gasteiger partial charge in [-0.25, -0.2) is 0 Å². The maximum Gasteiger partial charge on any atom is 0.0546 e. The quantitative estimate of drug-likeness (QED) is 0.152. The zero-order valence-corrected chi connectivity index (χ0v) is 34.8. The van der Waals surface area contributed by atoms with Crippen LogP contribution in [0.4, 0.5) is 17.1 Å². The third kappa shape index (κ3) is 5.70. The summed E-state index contributed by atoms with van der Waals surface area (Å²) in [5.74, 6) is 0. The Morgan fingerprint density at radius 2 is 0.887 bits per heavy atom. The van der Waals surface area contributed by atoms with E-state index in [0.717, 1.165) is 17.1 Å². The lowest BCUT2D eigenvalue weighted by molar-refractivity contribution is 0.660. The van der Waals surface area contributed by atoms with Crippen LogP contribution in [-0.4, -0.2) is 0 Å². The monoisotopic (exact) mass is 789 g/mol. The van der Waals surface area contributed by atoms with Crippen molar-refractivity contribution in [3.8, 4) is 44.5 Å². The molecule has 11 aromatic carbocycles. The summed E-state index contributed by atoms with van der Waals surface area (Å²) in [6.45, 7) is 4.74. The first-order chi connectivity index (χ1) is 30.5. The highest BCUT2D eigenvalue weighted by Gasteiger charge is 2.36. The third-order valence-corrected chi connectivity index (χ3v) is 13.4. The number of fused-ring (bicyclic) bond motifs is 8. The predicted octanol–water partition coefficient (Wildman–Crippen LogP) is 17.1. The molecule has 0 aromatic heterocycles. The van der Waals surface area contributed by atoms with Crippen LogP contribution in [0.3, 0.4) is 0 Å². The highest BCUT2D eigenvalue weighted by Crippen LogP contribution is 2.53. The van der Waals surface area contributed by atoms with Crippen LogP contribution in [0.1, 0.15) is 25.0 Å². The van der Waals surface area contributed by atoms with Crippen molar-refractivity contribution in [3.63, 3.8) is 0 Å². The third-order valence-electron chi connectivity index (χ3n) is 13.4. The Morgan fingerprint density at radius 3 is 1.73 bits per heavy atom. The van der Waals surface area contributed by atoms with Crippen molar-refractivity contribution in [1.29, 1.82) is 0 Å². The minimum Gasteiger partial charge on any atom is -0.310 e. The number of hydrogen-bond donors (Lipinski definition) is 0. The Kier molecular flexibility index (Phi) is 8.27. The largest absolute Gasteiger partial charge is 0.310 e. The molecular formula is C61H43N. The van der Waals surface area contributed by atoms with Crippen LogP contribution in [0.15, 0.2) is 224 Å². The molecule has 292 valence electrons. The standard InChI is InChI=1S/C61H43N/c1-61(2)57-27-12-11-24-53(57)54-36-35-47(39-58(54)61)62(46-33-31-42(32-34-46)49-25-13-19-41-16-5-7-20-48(41)49)59-28-14-26-55(60(59)45-30-29-40-15-3-4-17-43(40)37-45)56-38-44-18-6-8-21-50(44)51-22-9-10-23-52(51)56/h3-39H,1-2H3. The van der Waals surface area contributed by atoms with Crippen LogP contribution in [0.2, 0.25) is 0 Å². The van der Waals surface area contributed by atoms with Gasteiger partial charge in [-0.3, -0.25) is 0 Å². The summed E-state index contributed by atoms with van der Waals surface area (Å²) in [7, 11) is 0. The van der Waals surface area contributed by atoms with Crippen molar-refractivity contribution < 1.29 is 0 Å². The van der Waals surface area contributed by atoms with Crippen LogP contribution in [0.25, 0.3) is 87.6 Å². The van der Waals surface area contributed by atoms with Gasteiger partial charge in [-0.05, 0) is 136 Å². The minimum atomic E-state index is -0.154. The average Bonchev–Trinajstić information content (AvgIpc) is 3.56. The van der Waals surface area contributed by atoms with E-state index in [0.29, 0.717) is 0 Å². The molecule has 0 spiro atoms. The van der Waals surface area contributed by atoms with Crippen LogP contribution < -0.4 is 4.90 Å². The van der Waals surface area contributed by atoms with Gasteiger partial charge < -0.3 is 4.90 Å². The highest BCUT2D eigenvalue weighted by molar-refractivity contribution is 6.16. The number of hydrogen-bond acceptors (Lipinski definition) is 1. The molecule has 1 aliphatic rings. The van der Waals surface area contributed by atoms with E-state index >= 15 is 0 Å². The van der Waals surface area contributed by atoms with E-state index in [9.17, 15) is 0 Å². The SMILES string of the molecule is CC1(C)c2ccccc2-c2ccc(N(c3ccc(-c4cccc5ccccc45)cc3)c3cccc(-c4cc5ccccc5c5ccccc45)c3-c3ccc4ccccc4c3)cc21. The molecule has 0 amide bonds. The summed E-state index contributed by atoms with van der Waals surface area (Å²) < 4.78 is 0. The molecule has 0 heterocycles. The van der Waals surface area contributed by atoms with Crippen molar-refractivity contribution in [2.75, 3.05) is 4.90 Å². The van der Waals surface area contributed by atoms with E-state index in [4.69, 9.17) is 0 Å². The Labute approximate surface area is 362 Å². The van der Waals surface area contributed by atoms with Crippen molar-refractivity contribution in [3.05, 3.63) is 236 Å². The highest BCUT2D eigenvalue weighted by atomic mass is 15.1. The van der Waals surface area contributed by atoms with E-state index in [2.05, 4.69) is 243 Å². The summed E-state index contributed by atoms with van der Waals surface area (Å²) in [5, 5.41) is 9.96. The first-order valence-electron chi connectivity index (χ1n) is 21.7. The summed E-state index contributed by atoms with van der Waals surface area (Å²) in [6, 6.07) is 83.3. The Balaban J connectivity index is 1.14. The number of benzene rings is 11. The molecule has 0 bridgehead atoms. The molecular weight excluding hydrogens is 747 g/mol. The summed E-state index contributed by atoms with van der Waals surface area (Å²) in [6.07, 6.45) is 0. The fourth-order valence-electron chi connectivity index (χ4n) is 10.4. The van der Waals surface area contributed by atoms with Gasteiger partial charge in [0.2, 0.25) is 0 Å². The van der Waals surface area contributed by atoms with E-state index in [1.807, 2.05) is 0 Å². The number of rotatable bonds is 6. The van der Waals surface area contributed by atoms with Gasteiger partial charge in [0.25, 0.3) is 0 Å². The second-order valence-electron chi connectivity index (χ2n) is 17.3. The molecule has 0 radical (unpaired) electrons. The molecule has 1 aliphatic carbocycles. The Morgan fingerprint density at radius 1 is 0.306 bits per heavy atom. The van der Waals surface area contributed by atoms with Gasteiger partial charge in [0, 0.05) is 22.4 Å². The zero-order valence-electron chi connectivity index (χ0n) is 34.8. The summed E-state index contributed by atoms with van der Waals surface area (Å²) >= 11 is 0. The van der Waals surface area contributed by atoms with Gasteiger partial charge in [0.1, 0.15) is 0 Å². The van der Waals surface area contributed by atoms with Crippen LogP contribution in [0, 0.1) is 0 Å². The number of anilines is 3. The van der Waals surface area contributed by atoms with Crippen molar-refractivity contribution in [2.24, 2.45) is 0 Å². The fourth-order valence-corrected chi connectivity index (χ4v) is 10.4. The van der Waals surface area contributed by atoms with E-state index in [1.54, 1.807) is 0 Å². The molecule has 1 heteroatoms. The molecule has 12 rings (SSSR count). The molecule has 0 fully saturated rings. The normalized spacial score (nSPS) is 12.8. The van der Waals surface area contributed by atoms with Gasteiger partial charge in [0.15, 0.2) is 0 Å². The molecule has 0 unspecified atom stereocenters. The van der Waals surface area contributed by atoms with E-state index in [-0.39, 0.29) is 5.41 Å². The molecule has 0 saturated carbocycles. The lowest BCUT2D eigenvalue weighted by atomic mass is 9.82. The van der Waals surface area contributed by atoms with E-state index < -0.39 is 0 Å². The lowest BCUT2D eigenvalue weighted by Crippen LogP contribution is -2.17. The maximum absolute atomic E-state index is 2.50. The van der Waals surface area contributed by atoms with Crippen molar-refractivity contribution >= 4 is 60.2 Å². The molecule has 1 nitrogen and oxygen atoms in total. The van der Waals surface area contributed by atoms with Crippen LogP contribution >= 0.6 is 0 Å². The first-order valence-corrected chi connectivity index (χ1v) is 21.7. The Bertz CT molecular complexity index is 3550. The topological polar surface area (TPSA) is 3.24 Å². The molecule has 0 N–H and O–H groups in total. The average molecular weight is 790 g/mol. The maximum atomic E-state index is 2.50. The molecule has 0 atom stereocenters. The van der Waals surface area contributed by atoms with Gasteiger partial charge in [0.05, 0.1) is 5.69 Å². The zero-order chi connectivity index (χ0) is 41.4. The van der Waals surface area contributed by atoms with Gasteiger partial charge >= 0.3 is 0 Å². The molecule has 0 aliphatic heterocycles. The fraction of sp³-hybridized carbons (Fsp3) is 0.0492. The summed E-state index contributed by atoms with van der Waals surface area (Å²) in [5.41, 5.74) is 15.8. The summed E-state index contributed by atoms with van der Waals surface area (Å²) in [4.78, 5) is 2.50. The first kappa shape index (κ1) is 36.1. The smallest absolute Gasteiger partial charge is 0.0546 e. The van der Waals surface area contributed by atoms with E-state index in [1.165, 1.54) is 98.7 Å². The van der Waals surface area contributed by atoms with Crippen molar-refractivity contribution in [1.82, 2.24) is 0 Å². The Hall–Kier alpha value is -7.74. The lowest BCUT2D eigenvalue weighted by Gasteiger charge is -2.31. The second kappa shape index (κ2) is 14.2. The van der Waals surface area contributed by atoms with Crippen LogP contribution in [0.5, 0.6) is 0 Å². The van der Waals surface area contributed by atoms with Crippen molar-refractivity contribution in [2.45, 2.75) is 19.3 Å². The molecule has 0 saturated heterocycles. The predicted molar refractivity (Wildman–Crippen MR) is 265 cm³/mol. The van der Waals surface area contributed by atoms with Crippen LogP contribution in [-0.2, 0) is 5.41 Å². The minimum absolute atomic E-state index is 0.154. The van der Waals surface area contributed by atoms with Gasteiger partial charge in [-0.2, -0.15) is 0 Å². The van der Waals surface area contributed by atoms with Gasteiger partial charge in [-0.15, -0.1) is 0 Å². The second-order valence-corrected chi connectivity index (χ2v) is 17.3. The number of nitrogens with zero attached hydrogens (tertiary/aromatic N) is 1. The van der Waals surface area contributed by atoms with Gasteiger partial charge in [-0.1, -0.05) is 196 Å². The molecule has 11 aromatic rings. The molecule has 62 heavy (non-hydrogen) atoms.